The van der Waals surface area contributed by atoms with Crippen LogP contribution in [0.4, 0.5) is 5.82 Å². The van der Waals surface area contributed by atoms with Crippen LogP contribution in [0, 0.1) is 0 Å². The number of hydrogen-bond donors (Lipinski definition) is 2. The molecule has 0 fully saturated rings. The Morgan fingerprint density at radius 2 is 2.27 bits per heavy atom. The van der Waals surface area contributed by atoms with Crippen molar-refractivity contribution in [3.05, 3.63) is 22.4 Å². The summed E-state index contributed by atoms with van der Waals surface area (Å²) in [6, 6.07) is 0. The largest absolute Gasteiger partial charge is 0.307 e. The maximum Gasteiger partial charge on any atom is 0.158 e. The lowest BCUT2D eigenvalue weighted by atomic mass is 10.6. The summed E-state index contributed by atoms with van der Waals surface area (Å²) in [7, 11) is 0. The third-order valence-electron chi connectivity index (χ3n) is 1.49. The number of nitrogens with two attached hydrogens (primary N) is 1. The molecule has 0 bridgehead atoms. The number of nitrogens with zero attached hydrogens (tertiary/aromatic N) is 3. The highest BCUT2D eigenvalue weighted by Gasteiger charge is 2.10. The van der Waals surface area contributed by atoms with E-state index < -0.39 is 0 Å². The molecule has 2 aromatic heterocycles. The summed E-state index contributed by atoms with van der Waals surface area (Å²) in [6.07, 6.45) is 3.21. The van der Waals surface area contributed by atoms with Gasteiger partial charge in [-0.2, -0.15) is 0 Å². The molecule has 0 aliphatic carbocycles. The molecule has 0 saturated carbocycles. The van der Waals surface area contributed by atoms with E-state index in [2.05, 4.69) is 36.3 Å². The van der Waals surface area contributed by atoms with Crippen LogP contribution in [0.2, 0.25) is 0 Å². The fourth-order valence-corrected chi connectivity index (χ4v) is 2.95. The molecule has 0 radical (unpaired) electrons. The molecular weight excluding hydrogens is 298 g/mol. The predicted molar refractivity (Wildman–Crippen MR) is 63.8 cm³/mol. The van der Waals surface area contributed by atoms with Gasteiger partial charge in [-0.1, -0.05) is 0 Å². The zero-order chi connectivity index (χ0) is 10.7. The van der Waals surface area contributed by atoms with Gasteiger partial charge >= 0.3 is 0 Å². The highest BCUT2D eigenvalue weighted by molar-refractivity contribution is 9.10. The summed E-state index contributed by atoms with van der Waals surface area (Å²) in [5, 5.41) is 2.70. The van der Waals surface area contributed by atoms with Crippen molar-refractivity contribution in [1.29, 1.82) is 0 Å². The highest BCUT2D eigenvalue weighted by Crippen LogP contribution is 2.35. The predicted octanol–water partition coefficient (Wildman–Crippen LogP) is 2.13. The van der Waals surface area contributed by atoms with E-state index >= 15 is 0 Å². The minimum absolute atomic E-state index is 0.559. The van der Waals surface area contributed by atoms with Crippen LogP contribution in [-0.4, -0.2) is 15.0 Å². The summed E-state index contributed by atoms with van der Waals surface area (Å²) in [4.78, 5) is 12.3. The van der Waals surface area contributed by atoms with Gasteiger partial charge in [0.05, 0.1) is 4.47 Å². The minimum Gasteiger partial charge on any atom is -0.307 e. The van der Waals surface area contributed by atoms with Gasteiger partial charge in [0.2, 0.25) is 0 Å². The fraction of sp³-hybridized carbons (Fsp3) is 0. The average Bonchev–Trinajstić information content (AvgIpc) is 2.74. The van der Waals surface area contributed by atoms with Crippen LogP contribution in [0.25, 0.3) is 0 Å². The van der Waals surface area contributed by atoms with Gasteiger partial charge in [-0.15, -0.1) is 11.3 Å². The van der Waals surface area contributed by atoms with Gasteiger partial charge in [0.25, 0.3) is 0 Å². The summed E-state index contributed by atoms with van der Waals surface area (Å²) in [6.45, 7) is 0. The van der Waals surface area contributed by atoms with Gasteiger partial charge in [0, 0.05) is 11.6 Å². The first kappa shape index (κ1) is 10.8. The molecule has 0 amide bonds. The molecule has 15 heavy (non-hydrogen) atoms. The van der Waals surface area contributed by atoms with Crippen LogP contribution in [-0.2, 0) is 0 Å². The summed E-state index contributed by atoms with van der Waals surface area (Å²) in [5.41, 5.74) is 2.49. The number of nitrogens with one attached hydrogen (secondary N) is 1. The Balaban J connectivity index is 2.29. The normalized spacial score (nSPS) is 10.3. The quantitative estimate of drug-likeness (QED) is 0.514. The molecule has 0 aliphatic heterocycles. The Morgan fingerprint density at radius 1 is 1.40 bits per heavy atom. The Labute approximate surface area is 103 Å². The molecule has 2 heterocycles. The van der Waals surface area contributed by atoms with E-state index in [0.29, 0.717) is 5.82 Å². The maximum absolute atomic E-state index is 5.30. The van der Waals surface area contributed by atoms with Gasteiger partial charge in [0.1, 0.15) is 11.4 Å². The standard InChI is InChI=1S/C7H6BrN5S2/c8-4-5(13-9)11-3-12-6(4)15-7-10-1-2-14-7/h1-3H,9H2,(H,11,12,13). The van der Waals surface area contributed by atoms with E-state index in [1.807, 2.05) is 5.38 Å². The Kier molecular flexibility index (Phi) is 3.52. The second-order valence-corrected chi connectivity index (χ2v) is 5.31. The van der Waals surface area contributed by atoms with E-state index in [4.69, 9.17) is 5.84 Å². The average molecular weight is 304 g/mol. The molecule has 2 aromatic rings. The number of nitrogen functional groups attached to an aromatic ring is 1. The molecule has 0 unspecified atom stereocenters. The van der Waals surface area contributed by atoms with Crippen molar-refractivity contribution in [2.75, 3.05) is 5.43 Å². The van der Waals surface area contributed by atoms with Crippen LogP contribution in [0.5, 0.6) is 0 Å². The topological polar surface area (TPSA) is 76.7 Å². The molecule has 0 saturated heterocycles. The van der Waals surface area contributed by atoms with Gasteiger partial charge in [-0.05, 0) is 27.7 Å². The second kappa shape index (κ2) is 4.88. The number of anilines is 1. The molecule has 3 N–H and O–H groups in total. The number of aromatic nitrogens is 3. The number of hydrazine groups is 1. The van der Waals surface area contributed by atoms with Crippen molar-refractivity contribution >= 4 is 44.8 Å². The van der Waals surface area contributed by atoms with E-state index in [1.165, 1.54) is 18.1 Å². The lowest BCUT2D eigenvalue weighted by Gasteiger charge is -2.04. The van der Waals surface area contributed by atoms with Crippen molar-refractivity contribution in [1.82, 2.24) is 15.0 Å². The van der Waals surface area contributed by atoms with E-state index in [9.17, 15) is 0 Å². The van der Waals surface area contributed by atoms with Gasteiger partial charge < -0.3 is 5.43 Å². The minimum atomic E-state index is 0.559. The third-order valence-corrected chi connectivity index (χ3v) is 4.39. The molecular formula is C7H6BrN5S2. The van der Waals surface area contributed by atoms with Crippen LogP contribution >= 0.6 is 39.0 Å². The number of hydrogen-bond acceptors (Lipinski definition) is 7. The van der Waals surface area contributed by atoms with Crippen molar-refractivity contribution in [2.45, 2.75) is 9.37 Å². The van der Waals surface area contributed by atoms with Gasteiger partial charge in [-0.3, -0.25) is 0 Å². The molecule has 5 nitrogen and oxygen atoms in total. The molecule has 0 atom stereocenters. The highest BCUT2D eigenvalue weighted by atomic mass is 79.9. The maximum atomic E-state index is 5.30. The van der Waals surface area contributed by atoms with Crippen molar-refractivity contribution in [2.24, 2.45) is 5.84 Å². The third kappa shape index (κ3) is 2.46. The first-order chi connectivity index (χ1) is 7.31. The zero-order valence-corrected chi connectivity index (χ0v) is 10.6. The number of halogens is 1. The Bertz CT molecular complexity index is 447. The SMILES string of the molecule is NNc1ncnc(Sc2nccs2)c1Br. The summed E-state index contributed by atoms with van der Waals surface area (Å²) < 4.78 is 1.67. The Hall–Kier alpha value is -0.700. The van der Waals surface area contributed by atoms with Gasteiger partial charge in [-0.25, -0.2) is 20.8 Å². The molecule has 0 aromatic carbocycles. The summed E-state index contributed by atoms with van der Waals surface area (Å²) >= 11 is 6.40. The van der Waals surface area contributed by atoms with Crippen LogP contribution in [0.1, 0.15) is 0 Å². The molecule has 2 rings (SSSR count). The number of rotatable bonds is 3. The van der Waals surface area contributed by atoms with Gasteiger partial charge in [0.15, 0.2) is 10.2 Å². The van der Waals surface area contributed by atoms with Crippen molar-refractivity contribution < 1.29 is 0 Å². The zero-order valence-electron chi connectivity index (χ0n) is 7.35. The first-order valence-corrected chi connectivity index (χ1v) is 6.34. The lowest BCUT2D eigenvalue weighted by molar-refractivity contribution is 1.01. The Morgan fingerprint density at radius 3 is 2.93 bits per heavy atom. The monoisotopic (exact) mass is 303 g/mol. The molecule has 78 valence electrons. The van der Waals surface area contributed by atoms with E-state index in [0.717, 1.165) is 13.8 Å². The fourth-order valence-electron chi connectivity index (χ4n) is 0.869. The lowest BCUT2D eigenvalue weighted by Crippen LogP contribution is -2.09. The number of thiazole rings is 1. The van der Waals surface area contributed by atoms with Crippen LogP contribution < -0.4 is 11.3 Å². The summed E-state index contributed by atoms with van der Waals surface area (Å²) in [5.74, 6) is 5.86. The van der Waals surface area contributed by atoms with Crippen LogP contribution in [0.15, 0.2) is 31.7 Å². The van der Waals surface area contributed by atoms with Crippen molar-refractivity contribution in [3.8, 4) is 0 Å². The van der Waals surface area contributed by atoms with Crippen molar-refractivity contribution in [3.63, 3.8) is 0 Å². The van der Waals surface area contributed by atoms with Crippen LogP contribution in [0.3, 0.4) is 0 Å². The molecule has 0 aliphatic rings. The first-order valence-electron chi connectivity index (χ1n) is 3.85. The smallest absolute Gasteiger partial charge is 0.158 e. The van der Waals surface area contributed by atoms with E-state index in [-0.39, 0.29) is 0 Å². The second-order valence-electron chi connectivity index (χ2n) is 2.39. The van der Waals surface area contributed by atoms with E-state index in [1.54, 1.807) is 17.5 Å². The molecule has 0 spiro atoms. The molecule has 8 heteroatoms.